The van der Waals surface area contributed by atoms with Crippen molar-refractivity contribution in [3.05, 3.63) is 35.4 Å². The molecule has 3 atom stereocenters. The molecule has 5 nitrogen and oxygen atoms in total. The third kappa shape index (κ3) is 5.80. The molecule has 140 valence electrons. The summed E-state index contributed by atoms with van der Waals surface area (Å²) >= 11 is 0. The molecule has 0 unspecified atom stereocenters. The van der Waals surface area contributed by atoms with Gasteiger partial charge in [0.1, 0.15) is 0 Å². The van der Waals surface area contributed by atoms with E-state index in [1.807, 2.05) is 19.0 Å². The number of benzene rings is 1. The quantitative estimate of drug-likeness (QED) is 0.819. The maximum absolute atomic E-state index is 13.1. The maximum atomic E-state index is 13.1. The molecule has 1 aliphatic rings. The van der Waals surface area contributed by atoms with Crippen LogP contribution in [0.1, 0.15) is 30.4 Å². The molecule has 1 saturated carbocycles. The Labute approximate surface area is 151 Å². The Kier molecular flexibility index (Phi) is 7.41. The summed E-state index contributed by atoms with van der Waals surface area (Å²) in [6.45, 7) is 4.23. The second kappa shape index (κ2) is 9.32. The first-order chi connectivity index (χ1) is 11.9. The van der Waals surface area contributed by atoms with E-state index in [4.69, 9.17) is 4.74 Å². The van der Waals surface area contributed by atoms with Gasteiger partial charge in [-0.2, -0.15) is 0 Å². The summed E-state index contributed by atoms with van der Waals surface area (Å²) in [5, 5.41) is 9.99. The van der Waals surface area contributed by atoms with Crippen molar-refractivity contribution in [3.63, 3.8) is 0 Å². The van der Waals surface area contributed by atoms with E-state index in [0.717, 1.165) is 18.5 Å². The fourth-order valence-corrected chi connectivity index (χ4v) is 3.35. The number of aliphatic hydroxyl groups excluding tert-OH is 1. The number of hydrogen-bond donors (Lipinski definition) is 1. The lowest BCUT2D eigenvalue weighted by Gasteiger charge is -2.35. The lowest BCUT2D eigenvalue weighted by molar-refractivity contribution is -0.141. The number of aliphatic hydroxyl groups is 1. The lowest BCUT2D eigenvalue weighted by Crippen LogP contribution is -2.44. The van der Waals surface area contributed by atoms with Crippen molar-refractivity contribution in [2.45, 2.75) is 44.9 Å². The molecule has 1 N–H and O–H groups in total. The minimum Gasteiger partial charge on any atom is -0.390 e. The van der Waals surface area contributed by atoms with E-state index in [-0.39, 0.29) is 17.9 Å². The number of methoxy groups -OCH3 is 1. The molecule has 0 bridgehead atoms. The Bertz CT molecular complexity index is 544. The third-order valence-corrected chi connectivity index (χ3v) is 5.03. The van der Waals surface area contributed by atoms with Crippen LogP contribution in [0.15, 0.2) is 24.3 Å². The van der Waals surface area contributed by atoms with Crippen LogP contribution in [-0.2, 0) is 16.1 Å². The van der Waals surface area contributed by atoms with E-state index in [9.17, 15) is 9.90 Å². The average molecular weight is 348 g/mol. The predicted octanol–water partition coefficient (Wildman–Crippen LogP) is 2.06. The molecule has 1 aromatic rings. The van der Waals surface area contributed by atoms with Gasteiger partial charge in [-0.3, -0.25) is 4.79 Å². The zero-order chi connectivity index (χ0) is 18.4. The first-order valence-corrected chi connectivity index (χ1v) is 9.10. The number of amides is 1. The first-order valence-electron chi connectivity index (χ1n) is 9.10. The average Bonchev–Trinajstić information content (AvgIpc) is 2.60. The monoisotopic (exact) mass is 348 g/mol. The topological polar surface area (TPSA) is 53.0 Å². The van der Waals surface area contributed by atoms with Crippen LogP contribution < -0.4 is 0 Å². The van der Waals surface area contributed by atoms with E-state index in [0.29, 0.717) is 25.9 Å². The van der Waals surface area contributed by atoms with Crippen LogP contribution >= 0.6 is 0 Å². The van der Waals surface area contributed by atoms with Gasteiger partial charge in [0, 0.05) is 32.7 Å². The predicted molar refractivity (Wildman–Crippen MR) is 99.3 cm³/mol. The van der Waals surface area contributed by atoms with E-state index in [1.165, 1.54) is 5.56 Å². The summed E-state index contributed by atoms with van der Waals surface area (Å²) in [5.74, 6) is 0.109. The highest BCUT2D eigenvalue weighted by Crippen LogP contribution is 2.28. The fraction of sp³-hybridized carbons (Fsp3) is 0.650. The molecular weight excluding hydrogens is 316 g/mol. The number of likely N-dealkylation sites (N-methyl/N-ethyl adjacent to an activating group) is 1. The molecule has 0 aliphatic heterocycles. The van der Waals surface area contributed by atoms with Crippen molar-refractivity contribution in [1.82, 2.24) is 9.80 Å². The second-order valence-electron chi connectivity index (χ2n) is 7.40. The fourth-order valence-electron chi connectivity index (χ4n) is 3.35. The smallest absolute Gasteiger partial charge is 0.226 e. The van der Waals surface area contributed by atoms with Crippen molar-refractivity contribution in [3.8, 4) is 0 Å². The Morgan fingerprint density at radius 2 is 1.88 bits per heavy atom. The number of nitrogens with zero attached hydrogens (tertiary/aromatic N) is 2. The van der Waals surface area contributed by atoms with Crippen LogP contribution in [0.5, 0.6) is 0 Å². The highest BCUT2D eigenvalue weighted by Gasteiger charge is 2.34. The van der Waals surface area contributed by atoms with Crippen LogP contribution in [0.25, 0.3) is 0 Å². The summed E-state index contributed by atoms with van der Waals surface area (Å²) in [4.78, 5) is 17.2. The third-order valence-electron chi connectivity index (χ3n) is 5.03. The van der Waals surface area contributed by atoms with Crippen molar-refractivity contribution in [1.29, 1.82) is 0 Å². The molecule has 25 heavy (non-hydrogen) atoms. The van der Waals surface area contributed by atoms with E-state index < -0.39 is 6.10 Å². The standard InChI is InChI=1S/C20H32N2O3/c1-15-5-7-16(8-6-15)14-22(12-11-21(2)3)20(24)17-9-10-18(23)19(13-17)25-4/h5-8,17-19,23H,9-14H2,1-4H3/t17-,18+,19-/m1/s1. The number of carbonyl (C=O) groups excluding carboxylic acids is 1. The van der Waals surface area contributed by atoms with Gasteiger partial charge in [0.25, 0.3) is 0 Å². The highest BCUT2D eigenvalue weighted by atomic mass is 16.5. The number of rotatable bonds is 7. The van der Waals surface area contributed by atoms with Crippen molar-refractivity contribution >= 4 is 5.91 Å². The summed E-state index contributed by atoms with van der Waals surface area (Å²) in [6.07, 6.45) is 1.26. The number of hydrogen-bond acceptors (Lipinski definition) is 4. The zero-order valence-corrected chi connectivity index (χ0v) is 15.9. The van der Waals surface area contributed by atoms with Gasteiger partial charge in [0.2, 0.25) is 5.91 Å². The Morgan fingerprint density at radius 3 is 2.48 bits per heavy atom. The van der Waals surface area contributed by atoms with Gasteiger partial charge in [-0.15, -0.1) is 0 Å². The van der Waals surface area contributed by atoms with Gasteiger partial charge in [0.15, 0.2) is 0 Å². The van der Waals surface area contributed by atoms with Gasteiger partial charge >= 0.3 is 0 Å². The van der Waals surface area contributed by atoms with Gasteiger partial charge < -0.3 is 19.6 Å². The van der Waals surface area contributed by atoms with E-state index >= 15 is 0 Å². The maximum Gasteiger partial charge on any atom is 0.226 e. The molecule has 1 amide bonds. The Hall–Kier alpha value is -1.43. The lowest BCUT2D eigenvalue weighted by atomic mass is 9.84. The van der Waals surface area contributed by atoms with Gasteiger partial charge in [-0.25, -0.2) is 0 Å². The minimum absolute atomic E-state index is 0.0686. The van der Waals surface area contributed by atoms with Crippen molar-refractivity contribution in [2.24, 2.45) is 5.92 Å². The zero-order valence-electron chi connectivity index (χ0n) is 15.9. The molecule has 0 spiro atoms. The van der Waals surface area contributed by atoms with Crippen LogP contribution in [0, 0.1) is 12.8 Å². The summed E-state index contributed by atoms with van der Waals surface area (Å²) in [5.41, 5.74) is 2.37. The molecule has 0 saturated heterocycles. The highest BCUT2D eigenvalue weighted by molar-refractivity contribution is 5.79. The van der Waals surface area contributed by atoms with Crippen LogP contribution in [0.4, 0.5) is 0 Å². The molecule has 1 aromatic carbocycles. The number of carbonyl (C=O) groups is 1. The molecule has 1 aliphatic carbocycles. The van der Waals surface area contributed by atoms with Crippen LogP contribution in [-0.4, -0.2) is 67.3 Å². The van der Waals surface area contributed by atoms with Gasteiger partial charge in [-0.05, 0) is 45.8 Å². The molecule has 1 fully saturated rings. The Morgan fingerprint density at radius 1 is 1.20 bits per heavy atom. The molecule has 0 aromatic heterocycles. The Balaban J connectivity index is 2.07. The van der Waals surface area contributed by atoms with E-state index in [2.05, 4.69) is 36.1 Å². The first kappa shape index (κ1) is 19.9. The molecule has 2 rings (SSSR count). The summed E-state index contributed by atoms with van der Waals surface area (Å²) < 4.78 is 5.36. The largest absolute Gasteiger partial charge is 0.390 e. The van der Waals surface area contributed by atoms with Gasteiger partial charge in [0.05, 0.1) is 12.2 Å². The summed E-state index contributed by atoms with van der Waals surface area (Å²) in [6, 6.07) is 8.35. The second-order valence-corrected chi connectivity index (χ2v) is 7.40. The number of ether oxygens (including phenoxy) is 1. The summed E-state index contributed by atoms with van der Waals surface area (Å²) in [7, 11) is 5.65. The molecule has 5 heteroatoms. The van der Waals surface area contributed by atoms with E-state index in [1.54, 1.807) is 7.11 Å². The van der Waals surface area contributed by atoms with Crippen LogP contribution in [0.2, 0.25) is 0 Å². The minimum atomic E-state index is -0.457. The SMILES string of the molecule is CO[C@@H]1C[C@H](C(=O)N(CCN(C)C)Cc2ccc(C)cc2)CC[C@@H]1O. The van der Waals surface area contributed by atoms with Crippen molar-refractivity contribution < 1.29 is 14.6 Å². The molecule has 0 heterocycles. The van der Waals surface area contributed by atoms with Crippen molar-refractivity contribution in [2.75, 3.05) is 34.3 Å². The molecular formula is C20H32N2O3. The molecule has 0 radical (unpaired) electrons. The van der Waals surface area contributed by atoms with Crippen LogP contribution in [0.3, 0.4) is 0 Å². The number of aryl methyl sites for hydroxylation is 1. The normalized spacial score (nSPS) is 23.7. The van der Waals surface area contributed by atoms with Gasteiger partial charge in [-0.1, -0.05) is 29.8 Å².